The van der Waals surface area contributed by atoms with E-state index in [1.807, 2.05) is 20.8 Å². The number of benzene rings is 1. The quantitative estimate of drug-likeness (QED) is 0.666. The zero-order chi connectivity index (χ0) is 15.3. The molecule has 0 amide bonds. The minimum absolute atomic E-state index is 0.134. The number of nitrogens with one attached hydrogen (secondary N) is 1. The molecule has 0 bridgehead atoms. The smallest absolute Gasteiger partial charge is 0.240 e. The van der Waals surface area contributed by atoms with Gasteiger partial charge in [-0.3, -0.25) is 0 Å². The SMILES string of the molecule is CCc1ccc(S(=O)(=O)NC(CO)CC(C)C)cc1N. The fourth-order valence-electron chi connectivity index (χ4n) is 2.08. The molecule has 4 N–H and O–H groups in total. The summed E-state index contributed by atoms with van der Waals surface area (Å²) < 4.78 is 27.0. The van der Waals surface area contributed by atoms with Crippen LogP contribution in [-0.2, 0) is 16.4 Å². The Hall–Kier alpha value is -1.11. The molecule has 1 rings (SSSR count). The molecule has 1 unspecified atom stereocenters. The first-order chi connectivity index (χ1) is 9.30. The molecule has 0 radical (unpaired) electrons. The van der Waals surface area contributed by atoms with Gasteiger partial charge in [-0.1, -0.05) is 26.8 Å². The standard InChI is InChI=1S/C14H24N2O3S/c1-4-11-5-6-13(8-14(11)15)20(18,19)16-12(9-17)7-10(2)3/h5-6,8,10,12,16-17H,4,7,9,15H2,1-3H3. The van der Waals surface area contributed by atoms with E-state index in [0.29, 0.717) is 18.0 Å². The molecule has 0 aliphatic carbocycles. The second-order valence-corrected chi connectivity index (χ2v) is 7.06. The number of aliphatic hydroxyl groups is 1. The topological polar surface area (TPSA) is 92.4 Å². The molecular weight excluding hydrogens is 276 g/mol. The van der Waals surface area contributed by atoms with E-state index in [0.717, 1.165) is 12.0 Å². The highest BCUT2D eigenvalue weighted by Gasteiger charge is 2.21. The zero-order valence-corrected chi connectivity index (χ0v) is 13.1. The van der Waals surface area contributed by atoms with Crippen molar-refractivity contribution < 1.29 is 13.5 Å². The van der Waals surface area contributed by atoms with Gasteiger partial charge in [-0.2, -0.15) is 0 Å². The van der Waals surface area contributed by atoms with E-state index >= 15 is 0 Å². The summed E-state index contributed by atoms with van der Waals surface area (Å²) in [6.07, 6.45) is 1.34. The van der Waals surface area contributed by atoms with Crippen molar-refractivity contribution in [2.75, 3.05) is 12.3 Å². The molecule has 1 atom stereocenters. The molecule has 114 valence electrons. The van der Waals surface area contributed by atoms with Gasteiger partial charge in [0, 0.05) is 11.7 Å². The molecule has 0 saturated carbocycles. The van der Waals surface area contributed by atoms with Gasteiger partial charge < -0.3 is 10.8 Å². The first-order valence-electron chi connectivity index (χ1n) is 6.81. The predicted octanol–water partition coefficient (Wildman–Crippen LogP) is 1.52. The Morgan fingerprint density at radius 2 is 2.00 bits per heavy atom. The number of rotatable bonds is 7. The van der Waals surface area contributed by atoms with Crippen LogP contribution in [0.3, 0.4) is 0 Å². The van der Waals surface area contributed by atoms with Gasteiger partial charge in [0.15, 0.2) is 0 Å². The van der Waals surface area contributed by atoms with Crippen LogP contribution in [0.15, 0.2) is 23.1 Å². The number of nitrogen functional groups attached to an aromatic ring is 1. The van der Waals surface area contributed by atoms with Crippen LogP contribution in [-0.4, -0.2) is 26.2 Å². The van der Waals surface area contributed by atoms with Crippen LogP contribution >= 0.6 is 0 Å². The number of nitrogens with two attached hydrogens (primary N) is 1. The maximum atomic E-state index is 12.3. The normalized spacial score (nSPS) is 13.7. The molecule has 0 heterocycles. The third kappa shape index (κ3) is 4.47. The lowest BCUT2D eigenvalue weighted by Crippen LogP contribution is -2.38. The lowest BCUT2D eigenvalue weighted by Gasteiger charge is -2.18. The Labute approximate surface area is 121 Å². The molecule has 1 aromatic rings. The third-order valence-corrected chi connectivity index (χ3v) is 4.62. The van der Waals surface area contributed by atoms with Gasteiger partial charge in [0.2, 0.25) is 10.0 Å². The Balaban J connectivity index is 2.95. The van der Waals surface area contributed by atoms with Gasteiger partial charge >= 0.3 is 0 Å². The first-order valence-corrected chi connectivity index (χ1v) is 8.30. The second-order valence-electron chi connectivity index (χ2n) is 5.34. The lowest BCUT2D eigenvalue weighted by atomic mass is 10.1. The second kappa shape index (κ2) is 7.06. The van der Waals surface area contributed by atoms with Gasteiger partial charge in [-0.05, 0) is 36.5 Å². The van der Waals surface area contributed by atoms with Crippen molar-refractivity contribution in [3.05, 3.63) is 23.8 Å². The monoisotopic (exact) mass is 300 g/mol. The van der Waals surface area contributed by atoms with Crippen molar-refractivity contribution >= 4 is 15.7 Å². The van der Waals surface area contributed by atoms with Crippen LogP contribution in [0.1, 0.15) is 32.8 Å². The molecule has 0 spiro atoms. The molecular formula is C14H24N2O3S. The van der Waals surface area contributed by atoms with Crippen LogP contribution in [0.2, 0.25) is 0 Å². The fraction of sp³-hybridized carbons (Fsp3) is 0.571. The third-order valence-electron chi connectivity index (χ3n) is 3.11. The van der Waals surface area contributed by atoms with Gasteiger partial charge in [0.05, 0.1) is 11.5 Å². The maximum absolute atomic E-state index is 12.3. The van der Waals surface area contributed by atoms with Gasteiger partial charge in [0.25, 0.3) is 0 Å². The minimum atomic E-state index is -3.65. The van der Waals surface area contributed by atoms with E-state index in [1.165, 1.54) is 6.07 Å². The Morgan fingerprint density at radius 3 is 2.45 bits per heavy atom. The van der Waals surface area contributed by atoms with Crippen molar-refractivity contribution in [3.63, 3.8) is 0 Å². The zero-order valence-electron chi connectivity index (χ0n) is 12.3. The summed E-state index contributed by atoms with van der Waals surface area (Å²) in [5, 5.41) is 9.27. The van der Waals surface area contributed by atoms with Crippen LogP contribution in [0, 0.1) is 5.92 Å². The van der Waals surface area contributed by atoms with Crippen molar-refractivity contribution in [2.24, 2.45) is 5.92 Å². The predicted molar refractivity (Wildman–Crippen MR) is 80.9 cm³/mol. The number of hydrogen-bond donors (Lipinski definition) is 3. The summed E-state index contributed by atoms with van der Waals surface area (Å²) in [5.74, 6) is 0.294. The molecule has 0 aromatic heterocycles. The van der Waals surface area contributed by atoms with E-state index in [4.69, 9.17) is 5.73 Å². The molecule has 20 heavy (non-hydrogen) atoms. The Morgan fingerprint density at radius 1 is 1.35 bits per heavy atom. The summed E-state index contributed by atoms with van der Waals surface area (Å²) in [7, 11) is -3.65. The van der Waals surface area contributed by atoms with E-state index in [-0.39, 0.29) is 11.5 Å². The fourth-order valence-corrected chi connectivity index (χ4v) is 3.35. The van der Waals surface area contributed by atoms with Crippen LogP contribution in [0.4, 0.5) is 5.69 Å². The van der Waals surface area contributed by atoms with E-state index in [1.54, 1.807) is 12.1 Å². The van der Waals surface area contributed by atoms with Gasteiger partial charge in [-0.15, -0.1) is 0 Å². The summed E-state index contributed by atoms with van der Waals surface area (Å²) >= 11 is 0. The van der Waals surface area contributed by atoms with Crippen molar-refractivity contribution in [1.82, 2.24) is 4.72 Å². The van der Waals surface area contributed by atoms with Crippen LogP contribution < -0.4 is 10.5 Å². The summed E-state index contributed by atoms with van der Waals surface area (Å²) in [5.41, 5.74) is 7.22. The van der Waals surface area contributed by atoms with E-state index < -0.39 is 16.1 Å². The summed E-state index contributed by atoms with van der Waals surface area (Å²) in [6, 6.07) is 4.25. The van der Waals surface area contributed by atoms with E-state index in [9.17, 15) is 13.5 Å². The van der Waals surface area contributed by atoms with Gasteiger partial charge in [0.1, 0.15) is 0 Å². The number of aliphatic hydroxyl groups excluding tert-OH is 1. The number of sulfonamides is 1. The Bertz CT molecular complexity index is 541. The number of anilines is 1. The van der Waals surface area contributed by atoms with Gasteiger partial charge in [-0.25, -0.2) is 13.1 Å². The minimum Gasteiger partial charge on any atom is -0.398 e. The largest absolute Gasteiger partial charge is 0.398 e. The number of aryl methyl sites for hydroxylation is 1. The average Bonchev–Trinajstić information content (AvgIpc) is 2.36. The summed E-state index contributed by atoms with van der Waals surface area (Å²) in [4.78, 5) is 0.134. The first kappa shape index (κ1) is 16.9. The molecule has 0 aliphatic rings. The molecule has 0 saturated heterocycles. The van der Waals surface area contributed by atoms with Crippen molar-refractivity contribution in [2.45, 2.75) is 44.6 Å². The molecule has 0 aliphatic heterocycles. The van der Waals surface area contributed by atoms with Crippen molar-refractivity contribution in [3.8, 4) is 0 Å². The van der Waals surface area contributed by atoms with Crippen LogP contribution in [0.5, 0.6) is 0 Å². The summed E-state index contributed by atoms with van der Waals surface area (Å²) in [6.45, 7) is 5.69. The molecule has 0 fully saturated rings. The lowest BCUT2D eigenvalue weighted by molar-refractivity contribution is 0.240. The maximum Gasteiger partial charge on any atom is 0.240 e. The van der Waals surface area contributed by atoms with Crippen molar-refractivity contribution in [1.29, 1.82) is 0 Å². The number of hydrogen-bond acceptors (Lipinski definition) is 4. The van der Waals surface area contributed by atoms with Crippen LogP contribution in [0.25, 0.3) is 0 Å². The highest BCUT2D eigenvalue weighted by atomic mass is 32.2. The van der Waals surface area contributed by atoms with E-state index in [2.05, 4.69) is 4.72 Å². The molecule has 6 heteroatoms. The highest BCUT2D eigenvalue weighted by Crippen LogP contribution is 2.19. The average molecular weight is 300 g/mol. The Kier molecular flexibility index (Phi) is 5.98. The molecule has 5 nitrogen and oxygen atoms in total. The molecule has 1 aromatic carbocycles. The highest BCUT2D eigenvalue weighted by molar-refractivity contribution is 7.89.